The maximum atomic E-state index is 12.2. The number of allylic oxidation sites excluding steroid dienone is 3. The van der Waals surface area contributed by atoms with Gasteiger partial charge in [-0.25, -0.2) is 4.79 Å². The average Bonchev–Trinajstić information content (AvgIpc) is 2.99. The van der Waals surface area contributed by atoms with Crippen LogP contribution in [0, 0.1) is 11.8 Å². The topological polar surface area (TPSA) is 84.1 Å². The molecule has 1 aromatic heterocycles. The van der Waals surface area contributed by atoms with E-state index in [9.17, 15) is 9.59 Å². The average molecular weight is 343 g/mol. The molecule has 2 atom stereocenters. The van der Waals surface area contributed by atoms with Gasteiger partial charge in [-0.1, -0.05) is 32.1 Å². The van der Waals surface area contributed by atoms with Crippen LogP contribution in [0.4, 0.5) is 0 Å². The number of aryl methyl sites for hydroxylation is 1. The number of carbonyl (C=O) groups is 1. The van der Waals surface area contributed by atoms with E-state index in [1.54, 1.807) is 0 Å². The van der Waals surface area contributed by atoms with Crippen molar-refractivity contribution in [1.29, 1.82) is 0 Å². The number of rotatable bonds is 4. The molecule has 6 nitrogen and oxygen atoms in total. The maximum absolute atomic E-state index is 12.2. The third-order valence-corrected chi connectivity index (χ3v) is 4.61. The van der Waals surface area contributed by atoms with E-state index in [1.165, 1.54) is 0 Å². The molecule has 0 fully saturated rings. The SMILES string of the molecule is CC1/C=C(\NC(=O)COc2nc(=O)[nH]c3c2CCC3)C/C=C/C(C)C1. The van der Waals surface area contributed by atoms with Crippen molar-refractivity contribution in [2.75, 3.05) is 6.61 Å². The predicted molar refractivity (Wildman–Crippen MR) is 95.3 cm³/mol. The Balaban J connectivity index is 1.60. The second-order valence-electron chi connectivity index (χ2n) is 7.01. The number of carbonyl (C=O) groups excluding carboxylic acids is 1. The molecule has 3 rings (SSSR count). The number of nitrogens with zero attached hydrogens (tertiary/aromatic N) is 1. The summed E-state index contributed by atoms with van der Waals surface area (Å²) in [4.78, 5) is 30.4. The van der Waals surface area contributed by atoms with Gasteiger partial charge in [0.25, 0.3) is 5.91 Å². The minimum atomic E-state index is -0.424. The normalized spacial score (nSPS) is 25.9. The van der Waals surface area contributed by atoms with Crippen molar-refractivity contribution < 1.29 is 9.53 Å². The number of ether oxygens (including phenoxy) is 1. The molecule has 0 spiro atoms. The van der Waals surface area contributed by atoms with Crippen molar-refractivity contribution in [3.05, 3.63) is 45.7 Å². The van der Waals surface area contributed by atoms with Crippen LogP contribution in [0.25, 0.3) is 0 Å². The first kappa shape index (κ1) is 17.5. The van der Waals surface area contributed by atoms with Gasteiger partial charge in [-0.15, -0.1) is 0 Å². The maximum Gasteiger partial charge on any atom is 0.348 e. The predicted octanol–water partition coefficient (Wildman–Crippen LogP) is 2.26. The summed E-state index contributed by atoms with van der Waals surface area (Å²) < 4.78 is 5.54. The van der Waals surface area contributed by atoms with E-state index in [0.29, 0.717) is 24.1 Å². The molecule has 0 saturated carbocycles. The Bertz CT molecular complexity index is 764. The molecule has 2 unspecified atom stereocenters. The van der Waals surface area contributed by atoms with Crippen LogP contribution >= 0.6 is 0 Å². The number of fused-ring (bicyclic) bond motifs is 1. The summed E-state index contributed by atoms with van der Waals surface area (Å²) >= 11 is 0. The zero-order chi connectivity index (χ0) is 17.8. The molecular weight excluding hydrogens is 318 g/mol. The molecule has 2 aliphatic rings. The number of aromatic amines is 1. The lowest BCUT2D eigenvalue weighted by Crippen LogP contribution is -2.29. The van der Waals surface area contributed by atoms with Gasteiger partial charge in [0.2, 0.25) is 5.88 Å². The third-order valence-electron chi connectivity index (χ3n) is 4.61. The second-order valence-corrected chi connectivity index (χ2v) is 7.01. The zero-order valence-corrected chi connectivity index (χ0v) is 14.8. The summed E-state index contributed by atoms with van der Waals surface area (Å²) in [5.74, 6) is 1.03. The molecule has 25 heavy (non-hydrogen) atoms. The lowest BCUT2D eigenvalue weighted by molar-refractivity contribution is -0.122. The molecule has 134 valence electrons. The van der Waals surface area contributed by atoms with Crippen molar-refractivity contribution in [1.82, 2.24) is 15.3 Å². The van der Waals surface area contributed by atoms with Gasteiger partial charge < -0.3 is 15.0 Å². The van der Waals surface area contributed by atoms with E-state index in [0.717, 1.165) is 42.6 Å². The van der Waals surface area contributed by atoms with E-state index in [1.807, 2.05) is 0 Å². The van der Waals surface area contributed by atoms with Crippen LogP contribution in [-0.4, -0.2) is 22.5 Å². The number of nitrogens with one attached hydrogen (secondary N) is 2. The lowest BCUT2D eigenvalue weighted by Gasteiger charge is -2.17. The van der Waals surface area contributed by atoms with Gasteiger partial charge in [0.1, 0.15) is 0 Å². The van der Waals surface area contributed by atoms with Crippen LogP contribution in [-0.2, 0) is 17.6 Å². The first-order valence-electron chi connectivity index (χ1n) is 8.93. The van der Waals surface area contributed by atoms with Gasteiger partial charge in [0.05, 0.1) is 0 Å². The van der Waals surface area contributed by atoms with Gasteiger partial charge in [-0.05, 0) is 37.5 Å². The number of hydrogen-bond acceptors (Lipinski definition) is 4. The summed E-state index contributed by atoms with van der Waals surface area (Å²) in [5, 5.41) is 2.92. The monoisotopic (exact) mass is 343 g/mol. The first-order valence-corrected chi connectivity index (χ1v) is 8.93. The molecule has 6 heteroatoms. The summed E-state index contributed by atoms with van der Waals surface area (Å²) in [6.07, 6.45) is 10.8. The number of H-pyrrole nitrogens is 1. The largest absolute Gasteiger partial charge is 0.467 e. The highest BCUT2D eigenvalue weighted by Crippen LogP contribution is 2.25. The molecule has 0 radical (unpaired) electrons. The van der Waals surface area contributed by atoms with Gasteiger partial charge >= 0.3 is 5.69 Å². The quantitative estimate of drug-likeness (QED) is 0.822. The van der Waals surface area contributed by atoms with Crippen molar-refractivity contribution in [3.8, 4) is 5.88 Å². The van der Waals surface area contributed by atoms with Crippen LogP contribution in [0.15, 0.2) is 28.7 Å². The Kier molecular flexibility index (Phi) is 5.36. The standard InChI is InChI=1S/C19H25N3O3/c1-12-5-3-6-14(10-13(2)9-12)20-17(23)11-25-18-15-7-4-8-16(15)21-19(24)22-18/h3,5,10,12-13H,4,6-9,11H2,1-2H3,(H,20,23)(H,21,22,24)/b5-3+,14-10-. The van der Waals surface area contributed by atoms with Crippen molar-refractivity contribution in [2.24, 2.45) is 11.8 Å². The Morgan fingerprint density at radius 3 is 3.04 bits per heavy atom. The fourth-order valence-corrected chi connectivity index (χ4v) is 3.57. The minimum Gasteiger partial charge on any atom is -0.467 e. The van der Waals surface area contributed by atoms with Crippen molar-refractivity contribution >= 4 is 5.91 Å². The Morgan fingerprint density at radius 1 is 1.36 bits per heavy atom. The van der Waals surface area contributed by atoms with Crippen LogP contribution in [0.5, 0.6) is 5.88 Å². The summed E-state index contributed by atoms with van der Waals surface area (Å²) in [6, 6.07) is 0. The molecule has 1 amide bonds. The molecular formula is C19H25N3O3. The van der Waals surface area contributed by atoms with Crippen LogP contribution in [0.3, 0.4) is 0 Å². The van der Waals surface area contributed by atoms with Gasteiger partial charge in [0.15, 0.2) is 6.61 Å². The molecule has 0 aromatic carbocycles. The molecule has 0 aliphatic heterocycles. The van der Waals surface area contributed by atoms with E-state index in [2.05, 4.69) is 47.4 Å². The summed E-state index contributed by atoms with van der Waals surface area (Å²) in [7, 11) is 0. The van der Waals surface area contributed by atoms with E-state index >= 15 is 0 Å². The molecule has 1 heterocycles. The zero-order valence-electron chi connectivity index (χ0n) is 14.8. The second kappa shape index (κ2) is 7.68. The Morgan fingerprint density at radius 2 is 2.20 bits per heavy atom. The van der Waals surface area contributed by atoms with E-state index < -0.39 is 5.69 Å². The minimum absolute atomic E-state index is 0.144. The fraction of sp³-hybridized carbons (Fsp3) is 0.526. The summed E-state index contributed by atoms with van der Waals surface area (Å²) in [6.45, 7) is 4.21. The molecule has 2 N–H and O–H groups in total. The highest BCUT2D eigenvalue weighted by Gasteiger charge is 2.19. The van der Waals surface area contributed by atoms with Crippen LogP contribution in [0.1, 0.15) is 44.4 Å². The highest BCUT2D eigenvalue weighted by molar-refractivity contribution is 5.79. The van der Waals surface area contributed by atoms with Gasteiger partial charge in [-0.3, -0.25) is 4.79 Å². The van der Waals surface area contributed by atoms with Crippen LogP contribution in [0.2, 0.25) is 0 Å². The van der Waals surface area contributed by atoms with Gasteiger partial charge in [0, 0.05) is 23.4 Å². The first-order chi connectivity index (χ1) is 12.0. The number of amides is 1. The highest BCUT2D eigenvalue weighted by atomic mass is 16.5. The summed E-state index contributed by atoms with van der Waals surface area (Å²) in [5.41, 5.74) is 2.27. The smallest absolute Gasteiger partial charge is 0.348 e. The van der Waals surface area contributed by atoms with E-state index in [-0.39, 0.29) is 12.5 Å². The number of hydrogen-bond donors (Lipinski definition) is 2. The molecule has 0 saturated heterocycles. The van der Waals surface area contributed by atoms with Crippen molar-refractivity contribution in [2.45, 2.75) is 46.0 Å². The van der Waals surface area contributed by atoms with Crippen molar-refractivity contribution in [3.63, 3.8) is 0 Å². The van der Waals surface area contributed by atoms with Gasteiger partial charge in [-0.2, -0.15) is 4.98 Å². The fourth-order valence-electron chi connectivity index (χ4n) is 3.57. The van der Waals surface area contributed by atoms with Crippen LogP contribution < -0.4 is 15.7 Å². The Labute approximate surface area is 147 Å². The molecule has 0 bridgehead atoms. The number of aromatic nitrogens is 2. The molecule has 2 aliphatic carbocycles. The van der Waals surface area contributed by atoms with E-state index in [4.69, 9.17) is 4.74 Å². The lowest BCUT2D eigenvalue weighted by atomic mass is 9.93. The Hall–Kier alpha value is -2.37. The third kappa shape index (κ3) is 4.59. The molecule has 1 aromatic rings.